The molecule has 1 fully saturated rings. The summed E-state index contributed by atoms with van der Waals surface area (Å²) in [7, 11) is 1.83. The third kappa shape index (κ3) is 9.44. The van der Waals surface area contributed by atoms with E-state index in [4.69, 9.17) is 4.74 Å². The molecule has 0 saturated carbocycles. The van der Waals surface area contributed by atoms with Gasteiger partial charge in [0.2, 0.25) is 12.7 Å². The van der Waals surface area contributed by atoms with E-state index in [0.29, 0.717) is 25.7 Å². The molecule has 1 aromatic heterocycles. The zero-order chi connectivity index (χ0) is 23.8. The molecular weight excluding hydrogens is 430 g/mol. The molecule has 0 atom stereocenters. The fraction of sp³-hybridized carbons (Fsp3) is 0.455. The van der Waals surface area contributed by atoms with Crippen LogP contribution in [0.4, 0.5) is 16.5 Å². The summed E-state index contributed by atoms with van der Waals surface area (Å²) in [6.45, 7) is 9.65. The van der Waals surface area contributed by atoms with Gasteiger partial charge in [0.1, 0.15) is 0 Å². The Bertz CT molecular complexity index is 837. The smallest absolute Gasteiger partial charge is 0.284 e. The molecule has 176 valence electrons. The molecule has 0 spiro atoms. The monoisotopic (exact) mass is 463 g/mol. The van der Waals surface area contributed by atoms with E-state index in [0.717, 1.165) is 53.4 Å². The number of carbonyl (C=O) groups is 3. The second-order valence-corrected chi connectivity index (χ2v) is 7.42. The topological polar surface area (TPSA) is 113 Å². The molecule has 9 nitrogen and oxygen atoms in total. The summed E-state index contributed by atoms with van der Waals surface area (Å²) in [5.41, 5.74) is 2.77. The lowest BCUT2D eigenvalue weighted by Gasteiger charge is -2.26. The normalized spacial score (nSPS) is 12.3. The van der Waals surface area contributed by atoms with Crippen LogP contribution in [0.15, 0.2) is 24.3 Å². The van der Waals surface area contributed by atoms with Crippen LogP contribution in [0.3, 0.4) is 0 Å². The van der Waals surface area contributed by atoms with Crippen LogP contribution in [-0.4, -0.2) is 63.5 Å². The molecule has 2 heterocycles. The number of morpholine rings is 1. The van der Waals surface area contributed by atoms with Gasteiger partial charge in [-0.1, -0.05) is 19.9 Å². The van der Waals surface area contributed by atoms with E-state index in [2.05, 4.69) is 25.8 Å². The molecular formula is C22H33N5O4S. The van der Waals surface area contributed by atoms with Crippen LogP contribution >= 0.6 is 11.3 Å². The summed E-state index contributed by atoms with van der Waals surface area (Å²) in [4.78, 5) is 39.0. The summed E-state index contributed by atoms with van der Waals surface area (Å²) < 4.78 is 5.32. The molecule has 1 aromatic carbocycles. The van der Waals surface area contributed by atoms with Crippen molar-refractivity contribution in [1.82, 2.24) is 10.3 Å². The van der Waals surface area contributed by atoms with Crippen molar-refractivity contribution in [3.8, 4) is 0 Å². The lowest BCUT2D eigenvalue weighted by Crippen LogP contribution is -2.36. The lowest BCUT2D eigenvalue weighted by molar-refractivity contribution is -0.131. The molecule has 1 aliphatic heterocycles. The van der Waals surface area contributed by atoms with Crippen molar-refractivity contribution in [1.29, 1.82) is 0 Å². The van der Waals surface area contributed by atoms with Gasteiger partial charge in [-0.25, -0.2) is 4.98 Å². The molecule has 1 saturated heterocycles. The maximum Gasteiger partial charge on any atom is 0.284 e. The minimum absolute atomic E-state index is 0.290. The Hall–Kier alpha value is -2.98. The minimum atomic E-state index is -0.574. The number of thiazole rings is 1. The van der Waals surface area contributed by atoms with Crippen LogP contribution < -0.4 is 20.9 Å². The molecule has 0 radical (unpaired) electrons. The first-order chi connectivity index (χ1) is 15.6. The number of hydrogen-bond acceptors (Lipinski definition) is 8. The molecule has 0 aliphatic carbocycles. The molecule has 0 unspecified atom stereocenters. The van der Waals surface area contributed by atoms with Crippen molar-refractivity contribution in [2.75, 3.05) is 55.4 Å². The summed E-state index contributed by atoms with van der Waals surface area (Å²) >= 11 is 1.64. The molecule has 2 amide bonds. The van der Waals surface area contributed by atoms with E-state index in [1.807, 2.05) is 52.1 Å². The van der Waals surface area contributed by atoms with Crippen LogP contribution in [0.1, 0.15) is 24.4 Å². The van der Waals surface area contributed by atoms with E-state index in [1.54, 1.807) is 11.3 Å². The first kappa shape index (κ1) is 27.1. The number of nitrogens with zero attached hydrogens (tertiary/aromatic N) is 2. The summed E-state index contributed by atoms with van der Waals surface area (Å²) in [6.07, 6.45) is 1.65. The molecule has 2 aromatic rings. The largest absolute Gasteiger partial charge is 0.388 e. The third-order valence-electron chi connectivity index (χ3n) is 4.30. The number of ether oxygens (including phenoxy) is 1. The number of aldehydes is 1. The number of anilines is 3. The average Bonchev–Trinajstić information content (AvgIpc) is 3.22. The average molecular weight is 464 g/mol. The van der Waals surface area contributed by atoms with Crippen molar-refractivity contribution in [3.63, 3.8) is 0 Å². The van der Waals surface area contributed by atoms with E-state index >= 15 is 0 Å². The Morgan fingerprint density at radius 2 is 1.91 bits per heavy atom. The number of aromatic nitrogens is 1. The Labute approximate surface area is 193 Å². The van der Waals surface area contributed by atoms with Gasteiger partial charge in [-0.05, 0) is 25.1 Å². The maximum absolute atomic E-state index is 10.8. The molecule has 3 rings (SSSR count). The van der Waals surface area contributed by atoms with E-state index < -0.39 is 5.91 Å². The minimum Gasteiger partial charge on any atom is -0.388 e. The van der Waals surface area contributed by atoms with E-state index in [-0.39, 0.29) is 0 Å². The van der Waals surface area contributed by atoms with Crippen LogP contribution in [0.25, 0.3) is 0 Å². The molecule has 32 heavy (non-hydrogen) atoms. The number of benzene rings is 1. The predicted molar refractivity (Wildman–Crippen MR) is 130 cm³/mol. The first-order valence-electron chi connectivity index (χ1n) is 10.6. The van der Waals surface area contributed by atoms with Crippen molar-refractivity contribution < 1.29 is 19.1 Å². The highest BCUT2D eigenvalue weighted by Crippen LogP contribution is 2.26. The number of rotatable bonds is 8. The van der Waals surface area contributed by atoms with E-state index in [9.17, 15) is 14.4 Å². The van der Waals surface area contributed by atoms with Crippen LogP contribution in [0.2, 0.25) is 0 Å². The van der Waals surface area contributed by atoms with Gasteiger partial charge in [-0.15, -0.1) is 11.3 Å². The van der Waals surface area contributed by atoms with Gasteiger partial charge in [0.15, 0.2) is 5.13 Å². The zero-order valence-corrected chi connectivity index (χ0v) is 20.0. The summed E-state index contributed by atoms with van der Waals surface area (Å²) in [5.74, 6) is -0.574. The number of amides is 2. The van der Waals surface area contributed by atoms with Gasteiger partial charge >= 0.3 is 0 Å². The van der Waals surface area contributed by atoms with Gasteiger partial charge < -0.3 is 25.6 Å². The van der Waals surface area contributed by atoms with Gasteiger partial charge in [-0.3, -0.25) is 14.4 Å². The third-order valence-corrected chi connectivity index (χ3v) is 5.58. The predicted octanol–water partition coefficient (Wildman–Crippen LogP) is 2.47. The Morgan fingerprint density at radius 3 is 2.53 bits per heavy atom. The van der Waals surface area contributed by atoms with Crippen molar-refractivity contribution in [2.24, 2.45) is 0 Å². The SMILES string of the molecule is CC.CNc1cccc(NC=O)c1.Cc1nc(N2CCOCC2)sc1CCNC(=O)C=O. The Morgan fingerprint density at radius 1 is 1.22 bits per heavy atom. The first-order valence-corrected chi connectivity index (χ1v) is 11.4. The molecule has 0 bridgehead atoms. The standard InChI is InChI=1S/C12H17N3O3S.C8H10N2O.C2H6/c1-9-10(2-3-13-11(17)8-16)19-12(14-9)15-4-6-18-7-5-15;1-9-7-3-2-4-8(5-7)10-6-11;1-2/h8H,2-7H2,1H3,(H,13,17);2-6,9H,1H3,(H,10,11);1-2H3. The number of hydrogen-bond donors (Lipinski definition) is 3. The Kier molecular flexibility index (Phi) is 13.3. The second kappa shape index (κ2) is 15.8. The molecule has 10 heteroatoms. The van der Waals surface area contributed by atoms with E-state index in [1.165, 1.54) is 0 Å². The fourth-order valence-electron chi connectivity index (χ4n) is 2.71. The van der Waals surface area contributed by atoms with Crippen molar-refractivity contribution in [3.05, 3.63) is 34.8 Å². The van der Waals surface area contributed by atoms with Crippen molar-refractivity contribution >= 4 is 46.4 Å². The number of aryl methyl sites for hydroxylation is 1. The highest BCUT2D eigenvalue weighted by Gasteiger charge is 2.16. The van der Waals surface area contributed by atoms with Gasteiger partial charge in [0.25, 0.3) is 5.91 Å². The maximum atomic E-state index is 10.8. The highest BCUT2D eigenvalue weighted by atomic mass is 32.1. The van der Waals surface area contributed by atoms with Crippen LogP contribution in [0.5, 0.6) is 0 Å². The van der Waals surface area contributed by atoms with Gasteiger partial charge in [0, 0.05) is 49.4 Å². The second-order valence-electron chi connectivity index (χ2n) is 6.36. The van der Waals surface area contributed by atoms with Crippen LogP contribution in [-0.2, 0) is 25.5 Å². The highest BCUT2D eigenvalue weighted by molar-refractivity contribution is 7.15. The summed E-state index contributed by atoms with van der Waals surface area (Å²) in [6, 6.07) is 7.48. The zero-order valence-electron chi connectivity index (χ0n) is 19.1. The number of nitrogens with one attached hydrogen (secondary N) is 3. The molecule has 3 N–H and O–H groups in total. The Balaban J connectivity index is 0.000000335. The molecule has 1 aliphatic rings. The van der Waals surface area contributed by atoms with Gasteiger partial charge in [0.05, 0.1) is 18.9 Å². The summed E-state index contributed by atoms with van der Waals surface area (Å²) in [5, 5.41) is 9.08. The number of carbonyl (C=O) groups excluding carboxylic acids is 3. The quantitative estimate of drug-likeness (QED) is 0.407. The van der Waals surface area contributed by atoms with Crippen molar-refractivity contribution in [2.45, 2.75) is 27.2 Å². The fourth-order valence-corrected chi connectivity index (χ4v) is 3.82. The lowest BCUT2D eigenvalue weighted by atomic mass is 10.3. The van der Waals surface area contributed by atoms with Gasteiger partial charge in [-0.2, -0.15) is 0 Å². The van der Waals surface area contributed by atoms with Crippen LogP contribution in [0, 0.1) is 6.92 Å².